The first-order valence-corrected chi connectivity index (χ1v) is 8.85. The van der Waals surface area contributed by atoms with Crippen LogP contribution < -0.4 is 0 Å². The first kappa shape index (κ1) is 16.6. The number of rotatable bonds is 6. The van der Waals surface area contributed by atoms with E-state index in [0.717, 1.165) is 28.1 Å². The summed E-state index contributed by atoms with van der Waals surface area (Å²) >= 11 is 1.69. The van der Waals surface area contributed by atoms with Crippen LogP contribution in [0.25, 0.3) is 11.4 Å². The number of hydrogen-bond donors (Lipinski definition) is 0. The Morgan fingerprint density at radius 1 is 1.17 bits per heavy atom. The lowest BCUT2D eigenvalue weighted by Gasteiger charge is -2.08. The fourth-order valence-electron chi connectivity index (χ4n) is 2.81. The summed E-state index contributed by atoms with van der Waals surface area (Å²) in [6.07, 6.45) is 3.54. The van der Waals surface area contributed by atoms with Crippen molar-refractivity contribution in [2.24, 2.45) is 0 Å². The van der Waals surface area contributed by atoms with Gasteiger partial charge in [-0.1, -0.05) is 47.2 Å². The molecule has 0 amide bonds. The third-order valence-corrected chi connectivity index (χ3v) is 4.82. The highest BCUT2D eigenvalue weighted by Crippen LogP contribution is 2.29. The van der Waals surface area contributed by atoms with E-state index in [-0.39, 0.29) is 0 Å². The minimum Gasteiger partial charge on any atom is -0.469 e. The summed E-state index contributed by atoms with van der Waals surface area (Å²) in [6, 6.07) is 8.55. The molecule has 0 aliphatic heterocycles. The molecule has 1 aromatic carbocycles. The molecule has 0 bridgehead atoms. The van der Waals surface area contributed by atoms with Gasteiger partial charge in [0.1, 0.15) is 5.76 Å². The molecule has 0 N–H and O–H groups in total. The molecule has 2 heterocycles. The second kappa shape index (κ2) is 7.09. The third kappa shape index (κ3) is 3.46. The van der Waals surface area contributed by atoms with Crippen LogP contribution in [0.15, 0.2) is 52.8 Å². The van der Waals surface area contributed by atoms with Crippen LogP contribution in [0.4, 0.5) is 0 Å². The smallest absolute Gasteiger partial charge is 0.192 e. The van der Waals surface area contributed by atoms with Gasteiger partial charge in [0.25, 0.3) is 0 Å². The van der Waals surface area contributed by atoms with Gasteiger partial charge in [-0.2, -0.15) is 0 Å². The summed E-state index contributed by atoms with van der Waals surface area (Å²) in [6.45, 7) is 10.7. The summed E-state index contributed by atoms with van der Waals surface area (Å²) in [4.78, 5) is 0. The van der Waals surface area contributed by atoms with Gasteiger partial charge in [0, 0.05) is 12.3 Å². The lowest BCUT2D eigenvalue weighted by molar-refractivity contribution is 0.534. The summed E-state index contributed by atoms with van der Waals surface area (Å²) in [5.41, 5.74) is 4.84. The van der Waals surface area contributed by atoms with Crippen molar-refractivity contribution < 1.29 is 4.42 Å². The van der Waals surface area contributed by atoms with E-state index in [4.69, 9.17) is 4.42 Å². The van der Waals surface area contributed by atoms with Gasteiger partial charge in [-0.15, -0.1) is 16.8 Å². The Morgan fingerprint density at radius 3 is 2.54 bits per heavy atom. The van der Waals surface area contributed by atoms with Gasteiger partial charge in [-0.25, -0.2) is 0 Å². The van der Waals surface area contributed by atoms with E-state index in [1.165, 1.54) is 16.7 Å². The zero-order valence-electron chi connectivity index (χ0n) is 14.2. The summed E-state index contributed by atoms with van der Waals surface area (Å²) in [5, 5.41) is 9.64. The van der Waals surface area contributed by atoms with Gasteiger partial charge in [0.15, 0.2) is 11.0 Å². The van der Waals surface area contributed by atoms with Crippen LogP contribution in [-0.2, 0) is 12.3 Å². The highest BCUT2D eigenvalue weighted by molar-refractivity contribution is 7.98. The van der Waals surface area contributed by atoms with E-state index < -0.39 is 0 Å². The SMILES string of the molecule is C=CCn1c(SCc2cc(C)cc(C)c2)nnc1-c1ccoc1C. The molecule has 5 heteroatoms. The fraction of sp³-hybridized carbons (Fsp3) is 0.263. The number of aryl methyl sites for hydroxylation is 3. The van der Waals surface area contributed by atoms with Crippen molar-refractivity contribution in [3.05, 3.63) is 65.6 Å². The number of furan rings is 1. The third-order valence-electron chi connectivity index (χ3n) is 3.78. The molecule has 24 heavy (non-hydrogen) atoms. The highest BCUT2D eigenvalue weighted by atomic mass is 32.2. The molecule has 2 aromatic heterocycles. The normalized spacial score (nSPS) is 11.0. The number of hydrogen-bond acceptors (Lipinski definition) is 4. The molecule has 0 saturated heterocycles. The quantitative estimate of drug-likeness (QED) is 0.471. The van der Waals surface area contributed by atoms with Crippen LogP contribution in [0, 0.1) is 20.8 Å². The predicted molar refractivity (Wildman–Crippen MR) is 98.1 cm³/mol. The molecular weight excluding hydrogens is 318 g/mol. The highest BCUT2D eigenvalue weighted by Gasteiger charge is 2.16. The molecule has 0 fully saturated rings. The summed E-state index contributed by atoms with van der Waals surface area (Å²) < 4.78 is 7.48. The number of thioether (sulfide) groups is 1. The van der Waals surface area contributed by atoms with Gasteiger partial charge in [-0.05, 0) is 32.4 Å². The van der Waals surface area contributed by atoms with Crippen LogP contribution in [0.5, 0.6) is 0 Å². The van der Waals surface area contributed by atoms with Crippen molar-refractivity contribution in [3.8, 4) is 11.4 Å². The van der Waals surface area contributed by atoms with Crippen LogP contribution in [-0.4, -0.2) is 14.8 Å². The largest absolute Gasteiger partial charge is 0.469 e. The fourth-order valence-corrected chi connectivity index (χ4v) is 3.68. The Morgan fingerprint density at radius 2 is 1.92 bits per heavy atom. The minimum atomic E-state index is 0.669. The number of aromatic nitrogens is 3. The summed E-state index contributed by atoms with van der Waals surface area (Å²) in [7, 11) is 0. The first-order valence-electron chi connectivity index (χ1n) is 7.87. The van der Waals surface area contributed by atoms with Crippen molar-refractivity contribution in [3.63, 3.8) is 0 Å². The van der Waals surface area contributed by atoms with Crippen LogP contribution in [0.3, 0.4) is 0 Å². The molecule has 124 valence electrons. The van der Waals surface area contributed by atoms with E-state index in [1.54, 1.807) is 18.0 Å². The van der Waals surface area contributed by atoms with Crippen molar-refractivity contribution in [2.45, 2.75) is 38.2 Å². The van der Waals surface area contributed by atoms with Gasteiger partial charge >= 0.3 is 0 Å². The maximum Gasteiger partial charge on any atom is 0.192 e. The number of allylic oxidation sites excluding steroid dienone is 1. The molecule has 3 rings (SSSR count). The topological polar surface area (TPSA) is 43.9 Å². The Hall–Kier alpha value is -2.27. The molecule has 3 aromatic rings. The minimum absolute atomic E-state index is 0.669. The monoisotopic (exact) mass is 339 g/mol. The van der Waals surface area contributed by atoms with Crippen molar-refractivity contribution in [2.75, 3.05) is 0 Å². The van der Waals surface area contributed by atoms with E-state index in [1.807, 2.05) is 19.1 Å². The Bertz CT molecular complexity index is 843. The first-order chi connectivity index (χ1) is 11.6. The van der Waals surface area contributed by atoms with Crippen LogP contribution in [0.2, 0.25) is 0 Å². The molecule has 4 nitrogen and oxygen atoms in total. The van der Waals surface area contributed by atoms with Gasteiger partial charge < -0.3 is 4.42 Å². The maximum absolute atomic E-state index is 5.40. The molecule has 0 spiro atoms. The van der Waals surface area contributed by atoms with E-state index in [2.05, 4.69) is 53.4 Å². The lowest BCUT2D eigenvalue weighted by atomic mass is 10.1. The molecule has 0 aliphatic carbocycles. The van der Waals surface area contributed by atoms with Crippen LogP contribution in [0.1, 0.15) is 22.5 Å². The predicted octanol–water partition coefficient (Wildman–Crippen LogP) is 4.94. The van der Waals surface area contributed by atoms with E-state index in [9.17, 15) is 0 Å². The molecule has 0 radical (unpaired) electrons. The second-order valence-electron chi connectivity index (χ2n) is 5.88. The lowest BCUT2D eigenvalue weighted by Crippen LogP contribution is -2.01. The van der Waals surface area contributed by atoms with Crippen molar-refractivity contribution in [1.82, 2.24) is 14.8 Å². The molecule has 0 saturated carbocycles. The standard InChI is InChI=1S/C19H21N3OS/c1-5-7-22-18(17-6-8-23-15(17)4)20-21-19(22)24-12-16-10-13(2)9-14(3)11-16/h5-6,8-11H,1,7,12H2,2-4H3. The average Bonchev–Trinajstić information content (AvgIpc) is 3.11. The molecular formula is C19H21N3OS. The average molecular weight is 339 g/mol. The molecule has 0 atom stereocenters. The Labute approximate surface area is 146 Å². The number of nitrogens with zero attached hydrogens (tertiary/aromatic N) is 3. The maximum atomic E-state index is 5.40. The van der Waals surface area contributed by atoms with E-state index >= 15 is 0 Å². The van der Waals surface area contributed by atoms with Crippen molar-refractivity contribution >= 4 is 11.8 Å². The van der Waals surface area contributed by atoms with E-state index in [0.29, 0.717) is 6.54 Å². The van der Waals surface area contributed by atoms with Gasteiger partial charge in [-0.3, -0.25) is 4.57 Å². The molecule has 0 unspecified atom stereocenters. The zero-order valence-corrected chi connectivity index (χ0v) is 15.1. The second-order valence-corrected chi connectivity index (χ2v) is 6.82. The Balaban J connectivity index is 1.87. The van der Waals surface area contributed by atoms with Crippen molar-refractivity contribution in [1.29, 1.82) is 0 Å². The zero-order chi connectivity index (χ0) is 17.1. The summed E-state index contributed by atoms with van der Waals surface area (Å²) in [5.74, 6) is 2.53. The van der Waals surface area contributed by atoms with Crippen LogP contribution >= 0.6 is 11.8 Å². The van der Waals surface area contributed by atoms with Gasteiger partial charge in [0.2, 0.25) is 0 Å². The Kier molecular flexibility index (Phi) is 4.90. The van der Waals surface area contributed by atoms with Gasteiger partial charge in [0.05, 0.1) is 11.8 Å². The number of benzene rings is 1. The molecule has 0 aliphatic rings.